The van der Waals surface area contributed by atoms with Gasteiger partial charge in [-0.25, -0.2) is 13.8 Å². The Hall–Kier alpha value is -3.47. The Kier molecular flexibility index (Phi) is 6.08. The molecular formula is C24H25F2N5O. The van der Waals surface area contributed by atoms with Crippen molar-refractivity contribution in [2.24, 2.45) is 5.92 Å². The van der Waals surface area contributed by atoms with Crippen LogP contribution in [0.3, 0.4) is 0 Å². The van der Waals surface area contributed by atoms with Crippen LogP contribution in [-0.2, 0) is 4.79 Å². The van der Waals surface area contributed by atoms with Crippen molar-refractivity contribution < 1.29 is 13.6 Å². The van der Waals surface area contributed by atoms with E-state index in [-0.39, 0.29) is 11.8 Å². The molecule has 1 unspecified atom stereocenters. The molecular weight excluding hydrogens is 412 g/mol. The lowest BCUT2D eigenvalue weighted by atomic mass is 10.0. The van der Waals surface area contributed by atoms with Crippen LogP contribution < -0.4 is 4.90 Å². The maximum atomic E-state index is 13.9. The van der Waals surface area contributed by atoms with Gasteiger partial charge in [0.2, 0.25) is 5.91 Å². The first-order valence-electron chi connectivity index (χ1n) is 10.7. The minimum absolute atomic E-state index is 0.0503. The largest absolute Gasteiger partial charge is 0.370 e. The summed E-state index contributed by atoms with van der Waals surface area (Å²) in [5, 5.41) is 9.00. The van der Waals surface area contributed by atoms with Crippen molar-refractivity contribution in [1.29, 1.82) is 5.26 Å². The van der Waals surface area contributed by atoms with Crippen LogP contribution in [0.5, 0.6) is 0 Å². The first-order valence-corrected chi connectivity index (χ1v) is 10.7. The lowest BCUT2D eigenvalue weighted by Crippen LogP contribution is -2.41. The Morgan fingerprint density at radius 2 is 1.78 bits per heavy atom. The van der Waals surface area contributed by atoms with Gasteiger partial charge in [-0.2, -0.15) is 5.26 Å². The van der Waals surface area contributed by atoms with E-state index in [1.807, 2.05) is 30.9 Å². The Morgan fingerprint density at radius 1 is 1.06 bits per heavy atom. The molecule has 3 aromatic rings. The summed E-state index contributed by atoms with van der Waals surface area (Å²) < 4.78 is 29.2. The van der Waals surface area contributed by atoms with Gasteiger partial charge in [0.05, 0.1) is 29.0 Å². The summed E-state index contributed by atoms with van der Waals surface area (Å²) >= 11 is 0. The highest BCUT2D eigenvalue weighted by Crippen LogP contribution is 2.28. The fourth-order valence-corrected chi connectivity index (χ4v) is 4.30. The number of carbonyl (C=O) groups excluding carboxylic acids is 1. The van der Waals surface area contributed by atoms with E-state index in [9.17, 15) is 13.6 Å². The van der Waals surface area contributed by atoms with Gasteiger partial charge in [0.15, 0.2) is 11.6 Å². The van der Waals surface area contributed by atoms with Gasteiger partial charge in [-0.1, -0.05) is 13.8 Å². The van der Waals surface area contributed by atoms with Gasteiger partial charge in [0.25, 0.3) is 0 Å². The third-order valence-corrected chi connectivity index (χ3v) is 5.97. The highest BCUT2D eigenvalue weighted by atomic mass is 19.2. The van der Waals surface area contributed by atoms with E-state index in [1.165, 1.54) is 6.33 Å². The zero-order valence-electron chi connectivity index (χ0n) is 18.1. The normalized spacial score (nSPS) is 15.6. The Bertz CT molecular complexity index is 1170. The SMILES string of the molecule is CC(C)C(C(=O)N1CCCN(c2ccc(C#N)cc2)CC1)n1cnc2cc(F)c(F)cc21. The van der Waals surface area contributed by atoms with Gasteiger partial charge < -0.3 is 14.4 Å². The summed E-state index contributed by atoms with van der Waals surface area (Å²) in [6.07, 6.45) is 2.30. The van der Waals surface area contributed by atoms with E-state index in [2.05, 4.69) is 16.0 Å². The maximum Gasteiger partial charge on any atom is 0.246 e. The number of rotatable bonds is 4. The van der Waals surface area contributed by atoms with Crippen LogP contribution in [0.25, 0.3) is 11.0 Å². The van der Waals surface area contributed by atoms with E-state index in [0.29, 0.717) is 36.2 Å². The average molecular weight is 437 g/mol. The number of anilines is 1. The molecule has 1 aromatic heterocycles. The molecule has 166 valence electrons. The average Bonchev–Trinajstić information content (AvgIpc) is 3.00. The fraction of sp³-hybridized carbons (Fsp3) is 0.375. The molecule has 0 radical (unpaired) electrons. The van der Waals surface area contributed by atoms with Crippen LogP contribution in [0.2, 0.25) is 0 Å². The Labute approximate surface area is 185 Å². The molecule has 0 spiro atoms. The van der Waals surface area contributed by atoms with Crippen LogP contribution in [0.1, 0.15) is 31.9 Å². The number of aromatic nitrogens is 2. The summed E-state index contributed by atoms with van der Waals surface area (Å²) in [5.74, 6) is -2.02. The second-order valence-corrected chi connectivity index (χ2v) is 8.42. The zero-order valence-corrected chi connectivity index (χ0v) is 18.1. The molecule has 2 aromatic carbocycles. The molecule has 32 heavy (non-hydrogen) atoms. The van der Waals surface area contributed by atoms with Crippen LogP contribution in [-0.4, -0.2) is 46.5 Å². The van der Waals surface area contributed by atoms with Gasteiger partial charge in [-0.15, -0.1) is 0 Å². The monoisotopic (exact) mass is 437 g/mol. The summed E-state index contributed by atoms with van der Waals surface area (Å²) in [4.78, 5) is 21.8. The maximum absolute atomic E-state index is 13.9. The third-order valence-electron chi connectivity index (χ3n) is 5.97. The Morgan fingerprint density at radius 3 is 2.47 bits per heavy atom. The van der Waals surface area contributed by atoms with Crippen LogP contribution in [0.15, 0.2) is 42.7 Å². The molecule has 6 nitrogen and oxygen atoms in total. The molecule has 1 aliphatic heterocycles. The predicted molar refractivity (Wildman–Crippen MR) is 118 cm³/mol. The van der Waals surface area contributed by atoms with E-state index in [0.717, 1.165) is 30.8 Å². The van der Waals surface area contributed by atoms with Crippen molar-refractivity contribution in [3.63, 3.8) is 0 Å². The molecule has 4 rings (SSSR count). The molecule has 1 fully saturated rings. The van der Waals surface area contributed by atoms with E-state index < -0.39 is 17.7 Å². The van der Waals surface area contributed by atoms with E-state index in [1.54, 1.807) is 16.7 Å². The molecule has 1 amide bonds. The number of nitriles is 1. The summed E-state index contributed by atoms with van der Waals surface area (Å²) in [5.41, 5.74) is 2.37. The minimum atomic E-state index is -0.956. The van der Waals surface area contributed by atoms with Gasteiger partial charge in [0.1, 0.15) is 6.04 Å². The van der Waals surface area contributed by atoms with Crippen molar-refractivity contribution >= 4 is 22.6 Å². The van der Waals surface area contributed by atoms with E-state index in [4.69, 9.17) is 5.26 Å². The molecule has 0 saturated carbocycles. The molecule has 1 saturated heterocycles. The zero-order chi connectivity index (χ0) is 22.8. The molecule has 2 heterocycles. The Balaban J connectivity index is 1.55. The smallest absolute Gasteiger partial charge is 0.246 e. The second kappa shape index (κ2) is 8.95. The molecule has 1 atom stereocenters. The van der Waals surface area contributed by atoms with Gasteiger partial charge >= 0.3 is 0 Å². The first-order chi connectivity index (χ1) is 15.4. The topological polar surface area (TPSA) is 65.2 Å². The number of hydrogen-bond acceptors (Lipinski definition) is 4. The van der Waals surface area contributed by atoms with E-state index >= 15 is 0 Å². The summed E-state index contributed by atoms with van der Waals surface area (Å²) in [7, 11) is 0. The number of fused-ring (bicyclic) bond motifs is 1. The van der Waals surface area contributed by atoms with Crippen molar-refractivity contribution in [2.75, 3.05) is 31.1 Å². The standard InChI is InChI=1S/C24H25F2N5O/c1-16(2)23(31-15-28-21-12-19(25)20(26)13-22(21)31)24(32)30-9-3-8-29(10-11-30)18-6-4-17(14-27)5-7-18/h4-7,12-13,15-16,23H,3,8-11H2,1-2H3. The van der Waals surface area contributed by atoms with Crippen LogP contribution >= 0.6 is 0 Å². The van der Waals surface area contributed by atoms with Crippen molar-refractivity contribution in [3.05, 3.63) is 59.9 Å². The van der Waals surface area contributed by atoms with Gasteiger partial charge in [-0.05, 0) is 36.6 Å². The second-order valence-electron chi connectivity index (χ2n) is 8.42. The lowest BCUT2D eigenvalue weighted by Gasteiger charge is -2.30. The highest BCUT2D eigenvalue weighted by Gasteiger charge is 2.31. The third kappa shape index (κ3) is 4.15. The highest BCUT2D eigenvalue weighted by molar-refractivity contribution is 5.84. The molecule has 0 aliphatic carbocycles. The number of nitrogens with zero attached hydrogens (tertiary/aromatic N) is 5. The minimum Gasteiger partial charge on any atom is -0.370 e. The molecule has 0 N–H and O–H groups in total. The lowest BCUT2D eigenvalue weighted by molar-refractivity contribution is -0.135. The molecule has 8 heteroatoms. The number of carbonyl (C=O) groups is 1. The van der Waals surface area contributed by atoms with Gasteiger partial charge in [-0.3, -0.25) is 4.79 Å². The summed E-state index contributed by atoms with van der Waals surface area (Å²) in [6, 6.07) is 11.2. The first kappa shape index (κ1) is 21.8. The number of amides is 1. The number of hydrogen-bond donors (Lipinski definition) is 0. The van der Waals surface area contributed by atoms with Crippen molar-refractivity contribution in [3.8, 4) is 6.07 Å². The summed E-state index contributed by atoms with van der Waals surface area (Å²) in [6.45, 7) is 6.53. The number of halogens is 2. The molecule has 0 bridgehead atoms. The van der Waals surface area contributed by atoms with Crippen LogP contribution in [0, 0.1) is 28.9 Å². The number of imidazole rings is 1. The van der Waals surface area contributed by atoms with Gasteiger partial charge in [0, 0.05) is 44.0 Å². The fourth-order valence-electron chi connectivity index (χ4n) is 4.30. The quantitative estimate of drug-likeness (QED) is 0.616. The van der Waals surface area contributed by atoms with Crippen molar-refractivity contribution in [2.45, 2.75) is 26.3 Å². The van der Waals surface area contributed by atoms with Crippen molar-refractivity contribution in [1.82, 2.24) is 14.5 Å². The predicted octanol–water partition coefficient (Wildman–Crippen LogP) is 4.12. The number of benzene rings is 2. The van der Waals surface area contributed by atoms with Crippen LogP contribution in [0.4, 0.5) is 14.5 Å². The molecule has 1 aliphatic rings.